The van der Waals surface area contributed by atoms with Gasteiger partial charge in [0, 0.05) is 6.54 Å². The van der Waals surface area contributed by atoms with Crippen molar-refractivity contribution in [2.45, 2.75) is 25.7 Å². The molecule has 1 atom stereocenters. The molecule has 0 bridgehead atoms. The van der Waals surface area contributed by atoms with Crippen LogP contribution in [0.4, 0.5) is 13.2 Å². The summed E-state index contributed by atoms with van der Waals surface area (Å²) < 4.78 is 36.9. The first-order valence-corrected chi connectivity index (χ1v) is 5.10. The molecule has 5 heteroatoms. The van der Waals surface area contributed by atoms with Gasteiger partial charge in [0.25, 0.3) is 0 Å². The van der Waals surface area contributed by atoms with Crippen LogP contribution in [0.25, 0.3) is 0 Å². The minimum atomic E-state index is -4.30. The SMILES string of the molecule is CC(C#N)N(C)Cc1ccc(C(F)(F)F)cc1. The van der Waals surface area contributed by atoms with E-state index in [2.05, 4.69) is 6.07 Å². The van der Waals surface area contributed by atoms with Crippen molar-refractivity contribution in [2.24, 2.45) is 0 Å². The van der Waals surface area contributed by atoms with Gasteiger partial charge in [-0.3, -0.25) is 4.90 Å². The fourth-order valence-corrected chi connectivity index (χ4v) is 1.32. The van der Waals surface area contributed by atoms with Gasteiger partial charge < -0.3 is 0 Å². The Kier molecular flexibility index (Phi) is 4.13. The summed E-state index contributed by atoms with van der Waals surface area (Å²) in [6.07, 6.45) is -4.30. The zero-order chi connectivity index (χ0) is 13.1. The minimum Gasteiger partial charge on any atom is -0.287 e. The maximum Gasteiger partial charge on any atom is 0.416 e. The maximum atomic E-state index is 12.3. The number of nitriles is 1. The molecule has 0 heterocycles. The molecule has 1 aromatic rings. The molecular formula is C12H13F3N2. The number of nitrogens with zero attached hydrogens (tertiary/aromatic N) is 2. The molecule has 0 saturated heterocycles. The van der Waals surface area contributed by atoms with Crippen molar-refractivity contribution in [2.75, 3.05) is 7.05 Å². The minimum absolute atomic E-state index is 0.266. The number of hydrogen-bond acceptors (Lipinski definition) is 2. The van der Waals surface area contributed by atoms with Crippen LogP contribution >= 0.6 is 0 Å². The Balaban J connectivity index is 2.73. The van der Waals surface area contributed by atoms with E-state index in [9.17, 15) is 13.2 Å². The molecule has 92 valence electrons. The van der Waals surface area contributed by atoms with E-state index in [1.807, 2.05) is 0 Å². The Bertz CT molecular complexity index is 403. The van der Waals surface area contributed by atoms with Gasteiger partial charge in [-0.2, -0.15) is 18.4 Å². The summed E-state index contributed by atoms with van der Waals surface area (Å²) in [6.45, 7) is 2.19. The van der Waals surface area contributed by atoms with Gasteiger partial charge in [0.1, 0.15) is 0 Å². The molecule has 0 aliphatic carbocycles. The van der Waals surface area contributed by atoms with Crippen molar-refractivity contribution >= 4 is 0 Å². The first-order chi connectivity index (χ1) is 7.84. The van der Waals surface area contributed by atoms with Gasteiger partial charge >= 0.3 is 6.18 Å². The predicted octanol–water partition coefficient (Wildman–Crippen LogP) is 3.05. The van der Waals surface area contributed by atoms with Crippen LogP contribution in [0, 0.1) is 11.3 Å². The standard InChI is InChI=1S/C12H13F3N2/c1-9(7-16)17(2)8-10-3-5-11(6-4-10)12(13,14)15/h3-6,9H,8H2,1-2H3. The van der Waals surface area contributed by atoms with Crippen molar-refractivity contribution < 1.29 is 13.2 Å². The molecule has 0 aliphatic heterocycles. The molecule has 2 nitrogen and oxygen atoms in total. The summed E-state index contributed by atoms with van der Waals surface area (Å²) in [5.41, 5.74) is 0.0971. The lowest BCUT2D eigenvalue weighted by atomic mass is 10.1. The van der Waals surface area contributed by atoms with Crippen LogP contribution < -0.4 is 0 Å². The second-order valence-corrected chi connectivity index (χ2v) is 3.91. The van der Waals surface area contributed by atoms with Gasteiger partial charge in [0.2, 0.25) is 0 Å². The monoisotopic (exact) mass is 242 g/mol. The lowest BCUT2D eigenvalue weighted by molar-refractivity contribution is -0.137. The first-order valence-electron chi connectivity index (χ1n) is 5.10. The number of hydrogen-bond donors (Lipinski definition) is 0. The largest absolute Gasteiger partial charge is 0.416 e. The third-order valence-electron chi connectivity index (χ3n) is 2.56. The molecule has 0 aromatic heterocycles. The Morgan fingerprint density at radius 3 is 2.24 bits per heavy atom. The lowest BCUT2D eigenvalue weighted by Gasteiger charge is -2.19. The van der Waals surface area contributed by atoms with Crippen molar-refractivity contribution in [1.82, 2.24) is 4.90 Å². The molecular weight excluding hydrogens is 229 g/mol. The van der Waals surface area contributed by atoms with Gasteiger partial charge in [-0.25, -0.2) is 0 Å². The Morgan fingerprint density at radius 2 is 1.82 bits per heavy atom. The summed E-state index contributed by atoms with van der Waals surface area (Å²) in [5.74, 6) is 0. The summed E-state index contributed by atoms with van der Waals surface area (Å²) in [7, 11) is 1.76. The van der Waals surface area contributed by atoms with Crippen molar-refractivity contribution in [3.05, 3.63) is 35.4 Å². The zero-order valence-electron chi connectivity index (χ0n) is 9.62. The van der Waals surface area contributed by atoms with Gasteiger partial charge in [0.15, 0.2) is 0 Å². The molecule has 1 aromatic carbocycles. The summed E-state index contributed by atoms with van der Waals surface area (Å²) in [6, 6.07) is 6.78. The fraction of sp³-hybridized carbons (Fsp3) is 0.417. The highest BCUT2D eigenvalue weighted by Crippen LogP contribution is 2.29. The highest BCUT2D eigenvalue weighted by atomic mass is 19.4. The van der Waals surface area contributed by atoms with Crippen LogP contribution in [0.1, 0.15) is 18.1 Å². The second kappa shape index (κ2) is 5.19. The Hall–Kier alpha value is -1.54. The van der Waals surface area contributed by atoms with E-state index < -0.39 is 11.7 Å². The third kappa shape index (κ3) is 3.75. The molecule has 0 N–H and O–H groups in total. The van der Waals surface area contributed by atoms with E-state index in [-0.39, 0.29) is 6.04 Å². The van der Waals surface area contributed by atoms with E-state index in [1.165, 1.54) is 12.1 Å². The Labute approximate surface area is 98.3 Å². The first kappa shape index (κ1) is 13.5. The molecule has 0 saturated carbocycles. The fourth-order valence-electron chi connectivity index (χ4n) is 1.32. The number of halogens is 3. The number of alkyl halides is 3. The van der Waals surface area contributed by atoms with Gasteiger partial charge in [0.05, 0.1) is 17.7 Å². The smallest absolute Gasteiger partial charge is 0.287 e. The predicted molar refractivity (Wildman–Crippen MR) is 58.0 cm³/mol. The zero-order valence-corrected chi connectivity index (χ0v) is 9.62. The molecule has 0 spiro atoms. The van der Waals surface area contributed by atoms with E-state index >= 15 is 0 Å². The highest BCUT2D eigenvalue weighted by Gasteiger charge is 2.29. The number of benzene rings is 1. The average Bonchev–Trinajstić information content (AvgIpc) is 2.27. The molecule has 17 heavy (non-hydrogen) atoms. The van der Waals surface area contributed by atoms with E-state index in [0.717, 1.165) is 17.7 Å². The summed E-state index contributed by atoms with van der Waals surface area (Å²) >= 11 is 0. The molecule has 1 unspecified atom stereocenters. The lowest BCUT2D eigenvalue weighted by Crippen LogP contribution is -2.26. The van der Waals surface area contributed by atoms with Crippen molar-refractivity contribution in [3.63, 3.8) is 0 Å². The normalized spacial score (nSPS) is 13.5. The second-order valence-electron chi connectivity index (χ2n) is 3.91. The molecule has 0 amide bonds. The van der Waals surface area contributed by atoms with E-state index in [0.29, 0.717) is 6.54 Å². The van der Waals surface area contributed by atoms with E-state index in [4.69, 9.17) is 5.26 Å². The van der Waals surface area contributed by atoms with Crippen molar-refractivity contribution in [1.29, 1.82) is 5.26 Å². The average molecular weight is 242 g/mol. The summed E-state index contributed by atoms with van der Waals surface area (Å²) in [5, 5.41) is 8.69. The maximum absolute atomic E-state index is 12.3. The molecule has 0 aliphatic rings. The Morgan fingerprint density at radius 1 is 1.29 bits per heavy atom. The van der Waals surface area contributed by atoms with Crippen LogP contribution in [0.3, 0.4) is 0 Å². The quantitative estimate of drug-likeness (QED) is 0.814. The van der Waals surface area contributed by atoms with Gasteiger partial charge in [-0.05, 0) is 31.7 Å². The van der Waals surface area contributed by atoms with Crippen LogP contribution in [0.2, 0.25) is 0 Å². The summed E-state index contributed by atoms with van der Waals surface area (Å²) in [4.78, 5) is 1.77. The molecule has 0 radical (unpaired) electrons. The third-order valence-corrected chi connectivity index (χ3v) is 2.56. The van der Waals surface area contributed by atoms with E-state index in [1.54, 1.807) is 18.9 Å². The highest BCUT2D eigenvalue weighted by molar-refractivity contribution is 5.24. The van der Waals surface area contributed by atoms with Crippen LogP contribution in [-0.4, -0.2) is 18.0 Å². The molecule has 0 fully saturated rings. The van der Waals surface area contributed by atoms with Crippen LogP contribution in [-0.2, 0) is 12.7 Å². The molecule has 1 rings (SSSR count). The van der Waals surface area contributed by atoms with Gasteiger partial charge in [-0.1, -0.05) is 12.1 Å². The number of rotatable bonds is 3. The van der Waals surface area contributed by atoms with Gasteiger partial charge in [-0.15, -0.1) is 0 Å². The van der Waals surface area contributed by atoms with Crippen molar-refractivity contribution in [3.8, 4) is 6.07 Å². The topological polar surface area (TPSA) is 27.0 Å². The van der Waals surface area contributed by atoms with Crippen LogP contribution in [0.15, 0.2) is 24.3 Å². The van der Waals surface area contributed by atoms with Crippen LogP contribution in [0.5, 0.6) is 0 Å².